The van der Waals surface area contributed by atoms with Crippen molar-refractivity contribution in [3.05, 3.63) is 48.6 Å². The third-order valence-electron chi connectivity index (χ3n) is 8.41. The van der Waals surface area contributed by atoms with E-state index in [-0.39, 0.29) is 6.10 Å². The van der Waals surface area contributed by atoms with Crippen molar-refractivity contribution in [3.8, 4) is 0 Å². The van der Waals surface area contributed by atoms with Gasteiger partial charge in [-0.2, -0.15) is 0 Å². The summed E-state index contributed by atoms with van der Waals surface area (Å²) < 4.78 is 0. The van der Waals surface area contributed by atoms with E-state index in [0.29, 0.717) is 5.41 Å². The average molecular weight is 429 g/mol. The van der Waals surface area contributed by atoms with E-state index >= 15 is 0 Å². The number of allylic oxidation sites excluding steroid dienone is 3. The van der Waals surface area contributed by atoms with Gasteiger partial charge in [0.2, 0.25) is 0 Å². The van der Waals surface area contributed by atoms with Gasteiger partial charge in [-0.15, -0.1) is 13.2 Å². The van der Waals surface area contributed by atoms with Crippen molar-refractivity contribution in [2.24, 2.45) is 23.2 Å². The SMILES string of the molecule is C=C.C=C1/C(=C\C=C2/CCCC3(C)C2CCC3[C@H](C)CCCC(C)(C)O)CCCC1O. The summed E-state index contributed by atoms with van der Waals surface area (Å²) in [6.07, 6.45) is 17.2. The maximum atomic E-state index is 10.1. The molecular weight excluding hydrogens is 380 g/mol. The van der Waals surface area contributed by atoms with Crippen molar-refractivity contribution in [3.63, 3.8) is 0 Å². The summed E-state index contributed by atoms with van der Waals surface area (Å²) in [5.41, 5.74) is 3.74. The van der Waals surface area contributed by atoms with E-state index in [9.17, 15) is 10.2 Å². The highest BCUT2D eigenvalue weighted by molar-refractivity contribution is 5.37. The number of aliphatic hydroxyl groups is 2. The number of rotatable bonds is 6. The molecule has 0 aromatic heterocycles. The minimum atomic E-state index is -0.535. The molecule has 0 aromatic rings. The molecule has 31 heavy (non-hydrogen) atoms. The summed E-state index contributed by atoms with van der Waals surface area (Å²) in [5.74, 6) is 2.26. The van der Waals surface area contributed by atoms with Crippen molar-refractivity contribution >= 4 is 0 Å². The van der Waals surface area contributed by atoms with Gasteiger partial charge in [-0.25, -0.2) is 0 Å². The molecule has 5 atom stereocenters. The molecule has 0 radical (unpaired) electrons. The van der Waals surface area contributed by atoms with Crippen molar-refractivity contribution in [1.82, 2.24) is 0 Å². The van der Waals surface area contributed by atoms with Crippen LogP contribution >= 0.6 is 0 Å². The predicted octanol–water partition coefficient (Wildman–Crippen LogP) is 7.54. The minimum Gasteiger partial charge on any atom is -0.390 e. The molecule has 0 aliphatic heterocycles. The van der Waals surface area contributed by atoms with Crippen LogP contribution in [0.1, 0.15) is 98.3 Å². The molecule has 3 aliphatic rings. The van der Waals surface area contributed by atoms with E-state index in [1.54, 1.807) is 5.57 Å². The van der Waals surface area contributed by atoms with E-state index in [4.69, 9.17) is 0 Å². The number of hydrogen-bond acceptors (Lipinski definition) is 2. The minimum absolute atomic E-state index is 0.342. The lowest BCUT2D eigenvalue weighted by molar-refractivity contribution is 0.0596. The third-order valence-corrected chi connectivity index (χ3v) is 8.41. The van der Waals surface area contributed by atoms with Gasteiger partial charge in [0.05, 0.1) is 11.7 Å². The number of aliphatic hydroxyl groups excluding tert-OH is 1. The van der Waals surface area contributed by atoms with E-state index < -0.39 is 5.60 Å². The maximum absolute atomic E-state index is 10.1. The largest absolute Gasteiger partial charge is 0.390 e. The zero-order chi connectivity index (χ0) is 23.2. The molecule has 3 rings (SSSR count). The van der Waals surface area contributed by atoms with Crippen LogP contribution in [0, 0.1) is 23.2 Å². The Bertz CT molecular complexity index is 665. The highest BCUT2D eigenvalue weighted by atomic mass is 16.3. The van der Waals surface area contributed by atoms with Gasteiger partial charge in [-0.3, -0.25) is 0 Å². The second kappa shape index (κ2) is 11.1. The first-order chi connectivity index (χ1) is 14.6. The van der Waals surface area contributed by atoms with Gasteiger partial charge in [-0.1, -0.05) is 51.0 Å². The van der Waals surface area contributed by atoms with Crippen LogP contribution in [0.25, 0.3) is 0 Å². The Morgan fingerprint density at radius 1 is 1.13 bits per heavy atom. The second-order valence-electron chi connectivity index (χ2n) is 11.1. The fourth-order valence-corrected chi connectivity index (χ4v) is 6.70. The van der Waals surface area contributed by atoms with E-state index in [0.717, 1.165) is 55.4 Å². The van der Waals surface area contributed by atoms with Crippen LogP contribution in [0.15, 0.2) is 48.6 Å². The lowest BCUT2D eigenvalue weighted by Gasteiger charge is -2.44. The molecule has 0 bridgehead atoms. The fourth-order valence-electron chi connectivity index (χ4n) is 6.70. The van der Waals surface area contributed by atoms with E-state index in [2.05, 4.69) is 45.7 Å². The molecule has 0 aromatic carbocycles. The summed E-state index contributed by atoms with van der Waals surface area (Å²) in [5, 5.41) is 20.2. The predicted molar refractivity (Wildman–Crippen MR) is 134 cm³/mol. The van der Waals surface area contributed by atoms with Crippen molar-refractivity contribution in [2.75, 3.05) is 0 Å². The lowest BCUT2D eigenvalue weighted by Crippen LogP contribution is -2.36. The summed E-state index contributed by atoms with van der Waals surface area (Å²) >= 11 is 0. The smallest absolute Gasteiger partial charge is 0.0787 e. The molecule has 0 heterocycles. The van der Waals surface area contributed by atoms with Crippen LogP contribution in [0.3, 0.4) is 0 Å². The highest BCUT2D eigenvalue weighted by Gasteiger charge is 2.50. The van der Waals surface area contributed by atoms with Gasteiger partial charge in [-0.05, 0) is 106 Å². The van der Waals surface area contributed by atoms with Crippen LogP contribution in [0.4, 0.5) is 0 Å². The fraction of sp³-hybridized carbons (Fsp3) is 0.724. The van der Waals surface area contributed by atoms with Crippen LogP contribution < -0.4 is 0 Å². The average Bonchev–Trinajstić information content (AvgIpc) is 3.07. The molecular formula is C29H48O2. The summed E-state index contributed by atoms with van der Waals surface area (Å²) in [7, 11) is 0. The van der Waals surface area contributed by atoms with Crippen molar-refractivity contribution in [2.45, 2.75) is 110 Å². The first-order valence-corrected chi connectivity index (χ1v) is 12.6. The van der Waals surface area contributed by atoms with Gasteiger partial charge < -0.3 is 10.2 Å². The Balaban J connectivity index is 0.00000166. The van der Waals surface area contributed by atoms with Gasteiger partial charge in [0.15, 0.2) is 0 Å². The molecule has 2 heteroatoms. The van der Waals surface area contributed by atoms with Crippen molar-refractivity contribution in [1.29, 1.82) is 0 Å². The molecule has 4 unspecified atom stereocenters. The molecule has 2 nitrogen and oxygen atoms in total. The van der Waals surface area contributed by atoms with E-state index in [1.165, 1.54) is 44.1 Å². The number of fused-ring (bicyclic) bond motifs is 1. The Labute approximate surface area is 192 Å². The second-order valence-corrected chi connectivity index (χ2v) is 11.1. The summed E-state index contributed by atoms with van der Waals surface area (Å²) in [4.78, 5) is 0. The number of hydrogen-bond donors (Lipinski definition) is 2. The van der Waals surface area contributed by atoms with Crippen LogP contribution in [0.2, 0.25) is 0 Å². The monoisotopic (exact) mass is 428 g/mol. The zero-order valence-corrected chi connectivity index (χ0v) is 20.8. The van der Waals surface area contributed by atoms with Crippen LogP contribution in [0.5, 0.6) is 0 Å². The normalized spacial score (nSPS) is 34.9. The molecule has 0 amide bonds. The van der Waals surface area contributed by atoms with Gasteiger partial charge in [0, 0.05) is 0 Å². The topological polar surface area (TPSA) is 40.5 Å². The molecule has 3 fully saturated rings. The quantitative estimate of drug-likeness (QED) is 0.429. The van der Waals surface area contributed by atoms with Crippen molar-refractivity contribution < 1.29 is 10.2 Å². The first kappa shape index (κ1) is 26.1. The third kappa shape index (κ3) is 6.45. The molecule has 0 spiro atoms. The summed E-state index contributed by atoms with van der Waals surface area (Å²) in [6, 6.07) is 0. The summed E-state index contributed by atoms with van der Waals surface area (Å²) in [6.45, 7) is 19.0. The van der Waals surface area contributed by atoms with Gasteiger partial charge in [0.25, 0.3) is 0 Å². The highest BCUT2D eigenvalue weighted by Crippen LogP contribution is 2.60. The maximum Gasteiger partial charge on any atom is 0.0787 e. The Morgan fingerprint density at radius 2 is 1.84 bits per heavy atom. The molecule has 2 N–H and O–H groups in total. The molecule has 176 valence electrons. The van der Waals surface area contributed by atoms with Crippen LogP contribution in [-0.2, 0) is 0 Å². The standard InChI is InChI=1S/C27H44O2.C2H4/c1-19(9-7-17-26(3,4)29)23-15-16-24-22(11-8-18-27(23,24)5)14-13-21-10-6-12-25(28)20(21)2;1-2/h13-14,19,23-25,28-29H,2,6-12,15-18H2,1,3-5H3;1-2H2/b21-13-,22-14+;/t19-,23?,24?,25?,27?;/m1./s1. The van der Waals surface area contributed by atoms with Crippen LogP contribution in [-0.4, -0.2) is 21.9 Å². The molecule has 3 aliphatic carbocycles. The first-order valence-electron chi connectivity index (χ1n) is 12.6. The molecule has 0 saturated heterocycles. The zero-order valence-electron chi connectivity index (χ0n) is 20.8. The Hall–Kier alpha value is -1.12. The lowest BCUT2D eigenvalue weighted by atomic mass is 9.60. The Kier molecular flexibility index (Phi) is 9.40. The Morgan fingerprint density at radius 3 is 2.52 bits per heavy atom. The van der Waals surface area contributed by atoms with Gasteiger partial charge >= 0.3 is 0 Å². The molecule has 3 saturated carbocycles. The van der Waals surface area contributed by atoms with Gasteiger partial charge in [0.1, 0.15) is 0 Å². The van der Waals surface area contributed by atoms with E-state index in [1.807, 2.05) is 13.8 Å².